The van der Waals surface area contributed by atoms with E-state index in [0.717, 1.165) is 16.8 Å². The summed E-state index contributed by atoms with van der Waals surface area (Å²) in [6.45, 7) is 6.19. The Labute approximate surface area is 211 Å². The molecule has 1 aliphatic rings. The fourth-order valence-electron chi connectivity index (χ4n) is 4.13. The quantitative estimate of drug-likeness (QED) is 0.349. The van der Waals surface area contributed by atoms with E-state index in [-0.39, 0.29) is 32.1 Å². The van der Waals surface area contributed by atoms with Crippen molar-refractivity contribution in [3.05, 3.63) is 29.3 Å². The number of carbonyl (C=O) groups is 4. The van der Waals surface area contributed by atoms with E-state index in [1.165, 1.54) is 0 Å². The standard InChI is InChI=1S/C24H37N5O7/c1-18-3-4-20(19(2)13-18)25-21(30)14-26-5-7-27(15-22(31)32)9-11-29(17-24(35)36)12-10-28(8-6-26)16-23(33)34/h3-4,13H,5-12,14-17H2,1-2H3,(H,25,30)(H,31,32)(H,33,34)(H,35,36). The van der Waals surface area contributed by atoms with Crippen molar-refractivity contribution < 1.29 is 34.5 Å². The van der Waals surface area contributed by atoms with Gasteiger partial charge in [0.25, 0.3) is 0 Å². The maximum absolute atomic E-state index is 12.8. The molecule has 1 amide bonds. The second kappa shape index (κ2) is 14.5. The van der Waals surface area contributed by atoms with Crippen molar-refractivity contribution >= 4 is 29.5 Å². The second-order valence-electron chi connectivity index (χ2n) is 9.15. The van der Waals surface area contributed by atoms with Crippen molar-refractivity contribution in [3.8, 4) is 0 Å². The topological polar surface area (TPSA) is 154 Å². The van der Waals surface area contributed by atoms with Gasteiger partial charge < -0.3 is 20.6 Å². The lowest BCUT2D eigenvalue weighted by molar-refractivity contribution is -0.140. The zero-order valence-electron chi connectivity index (χ0n) is 21.0. The van der Waals surface area contributed by atoms with Gasteiger partial charge in [-0.1, -0.05) is 17.7 Å². The third kappa shape index (κ3) is 11.1. The number of nitrogens with one attached hydrogen (secondary N) is 1. The Bertz CT molecular complexity index is 894. The van der Waals surface area contributed by atoms with Gasteiger partial charge in [0.1, 0.15) is 0 Å². The van der Waals surface area contributed by atoms with Gasteiger partial charge in [0.15, 0.2) is 0 Å². The highest BCUT2D eigenvalue weighted by Crippen LogP contribution is 2.16. The van der Waals surface area contributed by atoms with Crippen LogP contribution in [0.4, 0.5) is 5.69 Å². The molecule has 12 nitrogen and oxygen atoms in total. The minimum atomic E-state index is -1.00. The minimum Gasteiger partial charge on any atom is -0.480 e. The normalized spacial score (nSPS) is 17.6. The third-order valence-electron chi connectivity index (χ3n) is 6.03. The number of carboxylic acid groups (broad SMARTS) is 3. The molecule has 1 heterocycles. The number of aryl methyl sites for hydroxylation is 2. The maximum atomic E-state index is 12.8. The first-order valence-corrected chi connectivity index (χ1v) is 11.9. The Kier molecular flexibility index (Phi) is 11.7. The molecule has 1 aliphatic heterocycles. The Balaban J connectivity index is 2.14. The molecule has 0 atom stereocenters. The van der Waals surface area contributed by atoms with Crippen molar-refractivity contribution in [1.29, 1.82) is 0 Å². The first kappa shape index (κ1) is 29.2. The number of hydrogen-bond acceptors (Lipinski definition) is 8. The van der Waals surface area contributed by atoms with Gasteiger partial charge in [0.05, 0.1) is 26.2 Å². The van der Waals surface area contributed by atoms with E-state index in [1.807, 2.05) is 36.9 Å². The van der Waals surface area contributed by atoms with E-state index in [1.54, 1.807) is 14.7 Å². The van der Waals surface area contributed by atoms with Crippen LogP contribution in [0.1, 0.15) is 11.1 Å². The number of carbonyl (C=O) groups excluding carboxylic acids is 1. The van der Waals surface area contributed by atoms with Crippen LogP contribution < -0.4 is 5.32 Å². The second-order valence-corrected chi connectivity index (χ2v) is 9.15. The van der Waals surface area contributed by atoms with Crippen LogP contribution in [-0.4, -0.2) is 137 Å². The smallest absolute Gasteiger partial charge is 0.317 e. The molecule has 0 unspecified atom stereocenters. The number of hydrogen-bond donors (Lipinski definition) is 4. The van der Waals surface area contributed by atoms with Crippen LogP contribution in [0.5, 0.6) is 0 Å². The number of aliphatic carboxylic acids is 3. The van der Waals surface area contributed by atoms with E-state index >= 15 is 0 Å². The fourth-order valence-corrected chi connectivity index (χ4v) is 4.13. The van der Waals surface area contributed by atoms with Crippen LogP contribution in [0, 0.1) is 13.8 Å². The molecule has 36 heavy (non-hydrogen) atoms. The number of nitrogens with zero attached hydrogens (tertiary/aromatic N) is 4. The highest BCUT2D eigenvalue weighted by molar-refractivity contribution is 5.93. The molecule has 0 radical (unpaired) electrons. The van der Waals surface area contributed by atoms with Gasteiger partial charge in [-0.25, -0.2) is 0 Å². The number of benzene rings is 1. The summed E-state index contributed by atoms with van der Waals surface area (Å²) >= 11 is 0. The lowest BCUT2D eigenvalue weighted by Gasteiger charge is -2.32. The van der Waals surface area contributed by atoms with E-state index in [2.05, 4.69) is 5.32 Å². The summed E-state index contributed by atoms with van der Waals surface area (Å²) in [7, 11) is 0. The Hall–Kier alpha value is -3.06. The van der Waals surface area contributed by atoms with Crippen molar-refractivity contribution in [2.45, 2.75) is 13.8 Å². The molecule has 0 bridgehead atoms. The molecule has 1 aromatic carbocycles. The summed E-state index contributed by atoms with van der Waals surface area (Å²) < 4.78 is 0. The predicted octanol–water partition coefficient (Wildman–Crippen LogP) is -0.283. The van der Waals surface area contributed by atoms with Gasteiger partial charge in [0, 0.05) is 58.0 Å². The molecule has 12 heteroatoms. The minimum absolute atomic E-state index is 0.0697. The number of amides is 1. The van der Waals surface area contributed by atoms with Gasteiger partial charge >= 0.3 is 17.9 Å². The van der Waals surface area contributed by atoms with Gasteiger partial charge in [-0.2, -0.15) is 0 Å². The van der Waals surface area contributed by atoms with E-state index < -0.39 is 17.9 Å². The van der Waals surface area contributed by atoms with Gasteiger partial charge in [-0.15, -0.1) is 0 Å². The van der Waals surface area contributed by atoms with Crippen molar-refractivity contribution in [1.82, 2.24) is 19.6 Å². The molecule has 1 aromatic rings. The monoisotopic (exact) mass is 507 g/mol. The lowest BCUT2D eigenvalue weighted by atomic mass is 10.1. The van der Waals surface area contributed by atoms with Crippen molar-refractivity contribution in [2.75, 3.05) is 83.9 Å². The summed E-state index contributed by atoms with van der Waals surface area (Å²) in [5, 5.41) is 30.8. The molecule has 1 fully saturated rings. The molecule has 2 rings (SSSR count). The Morgan fingerprint density at radius 3 is 1.36 bits per heavy atom. The zero-order valence-corrected chi connectivity index (χ0v) is 21.0. The molecule has 0 saturated carbocycles. The zero-order chi connectivity index (χ0) is 26.7. The van der Waals surface area contributed by atoms with Crippen LogP contribution >= 0.6 is 0 Å². The summed E-state index contributed by atoms with van der Waals surface area (Å²) in [6.07, 6.45) is 0. The van der Waals surface area contributed by atoms with E-state index in [9.17, 15) is 34.5 Å². The summed E-state index contributed by atoms with van der Waals surface area (Å²) in [5.41, 5.74) is 2.76. The highest BCUT2D eigenvalue weighted by atomic mass is 16.4. The maximum Gasteiger partial charge on any atom is 0.317 e. The molecular weight excluding hydrogens is 470 g/mol. The Morgan fingerprint density at radius 2 is 1.03 bits per heavy atom. The molecule has 200 valence electrons. The van der Waals surface area contributed by atoms with Crippen molar-refractivity contribution in [2.24, 2.45) is 0 Å². The Morgan fingerprint density at radius 1 is 0.667 bits per heavy atom. The number of anilines is 1. The average Bonchev–Trinajstić information content (AvgIpc) is 2.76. The van der Waals surface area contributed by atoms with Crippen LogP contribution in [0.2, 0.25) is 0 Å². The largest absolute Gasteiger partial charge is 0.480 e. The summed E-state index contributed by atoms with van der Waals surface area (Å²) in [4.78, 5) is 53.9. The molecule has 0 aliphatic carbocycles. The fraction of sp³-hybridized carbons (Fsp3) is 0.583. The first-order valence-electron chi connectivity index (χ1n) is 11.9. The van der Waals surface area contributed by atoms with Crippen LogP contribution in [0.15, 0.2) is 18.2 Å². The van der Waals surface area contributed by atoms with Gasteiger partial charge in [0.2, 0.25) is 5.91 Å². The number of carboxylic acids is 3. The summed E-state index contributed by atoms with van der Waals surface area (Å²) in [5.74, 6) is -3.19. The first-order chi connectivity index (χ1) is 17.0. The van der Waals surface area contributed by atoms with Crippen molar-refractivity contribution in [3.63, 3.8) is 0 Å². The van der Waals surface area contributed by atoms with Gasteiger partial charge in [-0.05, 0) is 25.5 Å². The molecule has 0 aromatic heterocycles. The number of rotatable bonds is 9. The van der Waals surface area contributed by atoms with Crippen LogP contribution in [0.25, 0.3) is 0 Å². The SMILES string of the molecule is Cc1ccc(NC(=O)CN2CCN(CC(=O)O)CCN(CC(=O)O)CCN(CC(=O)O)CC2)c(C)c1. The van der Waals surface area contributed by atoms with Gasteiger partial charge in [-0.3, -0.25) is 38.8 Å². The average molecular weight is 508 g/mol. The highest BCUT2D eigenvalue weighted by Gasteiger charge is 2.21. The molecular formula is C24H37N5O7. The van der Waals surface area contributed by atoms with E-state index in [4.69, 9.17) is 0 Å². The van der Waals surface area contributed by atoms with E-state index in [0.29, 0.717) is 52.4 Å². The summed E-state index contributed by atoms with van der Waals surface area (Å²) in [6, 6.07) is 5.75. The van der Waals surface area contributed by atoms with Crippen LogP contribution in [0.3, 0.4) is 0 Å². The molecule has 1 saturated heterocycles. The molecule has 0 spiro atoms. The third-order valence-corrected chi connectivity index (χ3v) is 6.03. The molecule has 4 N–H and O–H groups in total. The predicted molar refractivity (Wildman–Crippen MR) is 133 cm³/mol. The lowest BCUT2D eigenvalue weighted by Crippen LogP contribution is -2.49. The van der Waals surface area contributed by atoms with Crippen LogP contribution in [-0.2, 0) is 19.2 Å².